The molecule has 3 amide bonds. The Morgan fingerprint density at radius 3 is 1.51 bits per heavy atom. The van der Waals surface area contributed by atoms with Gasteiger partial charge in [0, 0.05) is 52.4 Å². The first-order valence-electron chi connectivity index (χ1n) is 23.0. The number of cyclic esters (lactones) is 2. The maximum atomic E-state index is 14.9. The second kappa shape index (κ2) is 25.6. The van der Waals surface area contributed by atoms with Gasteiger partial charge in [-0.25, -0.2) is 18.4 Å². The Morgan fingerprint density at radius 1 is 0.642 bits per heavy atom. The number of ether oxygens (including phenoxy) is 4. The lowest BCUT2D eigenvalue weighted by Gasteiger charge is -2.36. The van der Waals surface area contributed by atoms with Gasteiger partial charge in [-0.2, -0.15) is 0 Å². The second-order valence-electron chi connectivity index (χ2n) is 16.4. The van der Waals surface area contributed by atoms with Crippen LogP contribution < -0.4 is 24.9 Å². The summed E-state index contributed by atoms with van der Waals surface area (Å²) in [7, 11) is 0. The molecular weight excluding hydrogens is 867 g/mol. The van der Waals surface area contributed by atoms with Crippen LogP contribution in [0.5, 0.6) is 0 Å². The number of amides is 3. The fourth-order valence-electron chi connectivity index (χ4n) is 7.84. The summed E-state index contributed by atoms with van der Waals surface area (Å²) >= 11 is 0. The van der Waals surface area contributed by atoms with Crippen LogP contribution in [0.25, 0.3) is 0 Å². The summed E-state index contributed by atoms with van der Waals surface area (Å²) in [5.41, 5.74) is 4.29. The molecule has 0 spiro atoms. The Hall–Kier alpha value is -6.30. The third kappa shape index (κ3) is 14.8. The summed E-state index contributed by atoms with van der Waals surface area (Å²) in [4.78, 5) is 55.2. The van der Waals surface area contributed by atoms with Crippen LogP contribution in [0.4, 0.5) is 41.1 Å². The number of carbonyl (C=O) groups excluding carboxylic acids is 3. The number of hydrogen-bond donors (Lipinski definition) is 2. The number of carbonyl (C=O) groups is 4. The number of carboxylic acid groups (broad SMARTS) is 1. The van der Waals surface area contributed by atoms with Crippen LogP contribution >= 0.6 is 0 Å². The summed E-state index contributed by atoms with van der Waals surface area (Å²) in [6, 6.07) is 29.3. The average molecular weight is 929 g/mol. The Morgan fingerprint density at radius 2 is 1.09 bits per heavy atom. The topological polar surface area (TPSA) is 154 Å². The molecule has 4 aromatic rings. The number of anilines is 4. The van der Waals surface area contributed by atoms with Gasteiger partial charge < -0.3 is 44.1 Å². The largest absolute Gasteiger partial charge is 0.481 e. The van der Waals surface area contributed by atoms with Gasteiger partial charge in [0.15, 0.2) is 0 Å². The molecule has 0 unspecified atom stereocenters. The fourth-order valence-corrected chi connectivity index (χ4v) is 7.84. The normalized spacial score (nSPS) is 18.1. The molecule has 8 rings (SSSR count). The number of aliphatic carboxylic acids is 1. The van der Waals surface area contributed by atoms with E-state index in [1.54, 1.807) is 29.2 Å². The monoisotopic (exact) mass is 928 g/mol. The van der Waals surface area contributed by atoms with Crippen molar-refractivity contribution in [3.8, 4) is 0 Å². The fraction of sp³-hybridized carbons (Fsp3) is 0.440. The second-order valence-corrected chi connectivity index (χ2v) is 16.4. The molecule has 15 nitrogen and oxygen atoms in total. The third-order valence-corrected chi connectivity index (χ3v) is 11.7. The van der Waals surface area contributed by atoms with Crippen LogP contribution in [0.2, 0.25) is 0 Å². The summed E-state index contributed by atoms with van der Waals surface area (Å²) in [6.45, 7) is 11.9. The van der Waals surface area contributed by atoms with E-state index in [9.17, 15) is 28.0 Å². The van der Waals surface area contributed by atoms with Gasteiger partial charge in [0.1, 0.15) is 23.8 Å². The number of carboxylic acids is 1. The molecule has 4 aliphatic rings. The van der Waals surface area contributed by atoms with Gasteiger partial charge in [-0.1, -0.05) is 74.5 Å². The van der Waals surface area contributed by atoms with Crippen molar-refractivity contribution in [3.63, 3.8) is 0 Å². The predicted molar refractivity (Wildman–Crippen MR) is 252 cm³/mol. The molecule has 0 radical (unpaired) electrons. The van der Waals surface area contributed by atoms with Crippen LogP contribution in [0.15, 0.2) is 97.1 Å². The van der Waals surface area contributed by atoms with Crippen LogP contribution in [0, 0.1) is 11.6 Å². The highest BCUT2D eigenvalue weighted by atomic mass is 19.1. The standard InChI is InChI=1S/C25H30FN3O4.C15H20FN3O2.C10H12O3/c1-2-21-17-29(25(31)33-21)20-8-9-23(22(26)16-20)27-11-13-28(14-12-27)24(30)10-15-32-18-19-6-4-3-5-7-19;1-2-12-10-19(15(20)21-12)11-3-4-14(13(16)9-11)18-7-5-17-6-8-18;11-10(12)6-7-13-8-9-4-2-1-3-5-9/h3-9,16,21H,2,10-15,17-18H2,1H3;3-4,9,12,17H,2,5-8,10H2,1H3;1-5H,6-8H2,(H,11,12)/t21-;12-;/m00./s1. The quantitative estimate of drug-likeness (QED) is 0.107. The van der Waals surface area contributed by atoms with Crippen LogP contribution in [0.3, 0.4) is 0 Å². The highest BCUT2D eigenvalue weighted by Crippen LogP contribution is 2.30. The molecule has 0 aromatic heterocycles. The van der Waals surface area contributed by atoms with Gasteiger partial charge in [-0.15, -0.1) is 0 Å². The van der Waals surface area contributed by atoms with Gasteiger partial charge >= 0.3 is 18.2 Å². The summed E-state index contributed by atoms with van der Waals surface area (Å²) in [6.07, 6.45) is 0.801. The number of hydrogen-bond acceptors (Lipinski definition) is 11. The molecule has 4 aromatic carbocycles. The minimum Gasteiger partial charge on any atom is -0.481 e. The van der Waals surface area contributed by atoms with E-state index < -0.39 is 18.2 Å². The van der Waals surface area contributed by atoms with Crippen molar-refractivity contribution in [1.82, 2.24) is 10.2 Å². The van der Waals surface area contributed by atoms with Crippen molar-refractivity contribution in [2.24, 2.45) is 0 Å². The molecular formula is C50H62F2N6O9. The van der Waals surface area contributed by atoms with Crippen molar-refractivity contribution >= 4 is 46.8 Å². The summed E-state index contributed by atoms with van der Waals surface area (Å²) < 4.78 is 50.5. The van der Waals surface area contributed by atoms with Crippen LogP contribution in [-0.2, 0) is 41.8 Å². The van der Waals surface area contributed by atoms with E-state index in [1.807, 2.05) is 84.3 Å². The smallest absolute Gasteiger partial charge is 0.414 e. The van der Waals surface area contributed by atoms with Crippen LogP contribution in [0.1, 0.15) is 50.7 Å². The first-order chi connectivity index (χ1) is 32.5. The SMILES string of the molecule is CC[C@H]1CN(c2ccc(N3CCN(C(=O)CCOCc4ccccc4)CC3)c(F)c2)C(=O)O1.CC[C@H]1CN(c2ccc(N3CCNCC3)c(F)c2)C(=O)O1.O=C(O)CCOCc1ccccc1. The molecule has 2 atom stereocenters. The maximum absolute atomic E-state index is 14.9. The Labute approximate surface area is 391 Å². The lowest BCUT2D eigenvalue weighted by molar-refractivity contribution is -0.138. The molecule has 4 aliphatic heterocycles. The average Bonchev–Trinajstić information content (AvgIpc) is 3.94. The zero-order chi connectivity index (χ0) is 47.5. The van der Waals surface area contributed by atoms with Gasteiger partial charge in [-0.3, -0.25) is 19.4 Å². The minimum atomic E-state index is -0.826. The first kappa shape index (κ1) is 50.1. The number of benzene rings is 4. The van der Waals surface area contributed by atoms with E-state index in [2.05, 4.69) is 5.32 Å². The zero-order valence-electron chi connectivity index (χ0n) is 38.3. The molecule has 360 valence electrons. The molecule has 4 fully saturated rings. The van der Waals surface area contributed by atoms with E-state index in [1.165, 1.54) is 21.9 Å². The Kier molecular flexibility index (Phi) is 19.1. The third-order valence-electron chi connectivity index (χ3n) is 11.7. The lowest BCUT2D eigenvalue weighted by atomic mass is 10.2. The number of nitrogens with zero attached hydrogens (tertiary/aromatic N) is 5. The minimum absolute atomic E-state index is 0.0524. The molecule has 4 heterocycles. The molecule has 4 saturated heterocycles. The van der Waals surface area contributed by atoms with Gasteiger partial charge in [-0.05, 0) is 60.4 Å². The van der Waals surface area contributed by atoms with Crippen molar-refractivity contribution in [3.05, 3.63) is 120 Å². The molecule has 0 bridgehead atoms. The number of piperazine rings is 2. The van der Waals surface area contributed by atoms with Gasteiger partial charge in [0.05, 0.1) is 75.1 Å². The number of halogens is 2. The first-order valence-corrected chi connectivity index (χ1v) is 23.0. The van der Waals surface area contributed by atoms with E-state index in [0.29, 0.717) is 88.3 Å². The number of rotatable bonds is 16. The Balaban J connectivity index is 0.000000185. The van der Waals surface area contributed by atoms with E-state index >= 15 is 0 Å². The molecule has 17 heteroatoms. The van der Waals surface area contributed by atoms with Crippen LogP contribution in [-0.4, -0.2) is 125 Å². The van der Waals surface area contributed by atoms with Gasteiger partial charge in [0.2, 0.25) is 5.91 Å². The lowest BCUT2D eigenvalue weighted by Crippen LogP contribution is -2.49. The van der Waals surface area contributed by atoms with Gasteiger partial charge in [0.25, 0.3) is 0 Å². The highest BCUT2D eigenvalue weighted by molar-refractivity contribution is 5.90. The maximum Gasteiger partial charge on any atom is 0.414 e. The van der Waals surface area contributed by atoms with Crippen molar-refractivity contribution in [2.45, 2.75) is 65.0 Å². The van der Waals surface area contributed by atoms with E-state index in [0.717, 1.165) is 50.1 Å². The Bertz CT molecular complexity index is 2210. The zero-order valence-corrected chi connectivity index (χ0v) is 38.3. The van der Waals surface area contributed by atoms with Crippen molar-refractivity contribution < 1.29 is 52.0 Å². The van der Waals surface area contributed by atoms with Crippen molar-refractivity contribution in [2.75, 3.05) is 98.3 Å². The molecule has 67 heavy (non-hydrogen) atoms. The predicted octanol–water partition coefficient (Wildman–Crippen LogP) is 7.46. The molecule has 0 aliphatic carbocycles. The van der Waals surface area contributed by atoms with Crippen molar-refractivity contribution in [1.29, 1.82) is 0 Å². The van der Waals surface area contributed by atoms with E-state index in [4.69, 9.17) is 24.1 Å². The van der Waals surface area contributed by atoms with E-state index in [-0.39, 0.29) is 42.8 Å². The number of nitrogens with one attached hydrogen (secondary N) is 1. The molecule has 2 N–H and O–H groups in total. The highest BCUT2D eigenvalue weighted by Gasteiger charge is 2.33. The summed E-state index contributed by atoms with van der Waals surface area (Å²) in [5, 5.41) is 11.6. The summed E-state index contributed by atoms with van der Waals surface area (Å²) in [5.74, 6) is -1.44. The molecule has 0 saturated carbocycles.